The summed E-state index contributed by atoms with van der Waals surface area (Å²) in [6.45, 7) is 3.31. The standard InChI is InChI=1S/C13H12ClN5/c1-8-9(4-15)3-11(14)13(17-8)19-6-10-5-16-18(2)12(10)7-19/h3,5H,6-7H2,1-2H3. The zero-order valence-corrected chi connectivity index (χ0v) is 11.4. The van der Waals surface area contributed by atoms with Crippen LogP contribution in [-0.2, 0) is 20.1 Å². The predicted octanol–water partition coefficient (Wildman–Crippen LogP) is 2.17. The molecule has 3 rings (SSSR count). The summed E-state index contributed by atoms with van der Waals surface area (Å²) in [6.07, 6.45) is 1.87. The monoisotopic (exact) mass is 273 g/mol. The van der Waals surface area contributed by atoms with E-state index in [-0.39, 0.29) is 0 Å². The van der Waals surface area contributed by atoms with Crippen molar-refractivity contribution in [3.8, 4) is 6.07 Å². The van der Waals surface area contributed by atoms with Crippen LogP contribution in [0.2, 0.25) is 5.02 Å². The second-order valence-corrected chi connectivity index (χ2v) is 5.04. The van der Waals surface area contributed by atoms with Crippen molar-refractivity contribution >= 4 is 17.4 Å². The van der Waals surface area contributed by atoms with Crippen molar-refractivity contribution < 1.29 is 0 Å². The van der Waals surface area contributed by atoms with Crippen molar-refractivity contribution in [2.75, 3.05) is 4.90 Å². The Bertz CT molecular complexity index is 698. The van der Waals surface area contributed by atoms with Crippen molar-refractivity contribution in [1.82, 2.24) is 14.8 Å². The van der Waals surface area contributed by atoms with Gasteiger partial charge in [0.1, 0.15) is 11.9 Å². The Hall–Kier alpha value is -2.06. The van der Waals surface area contributed by atoms with E-state index in [1.54, 1.807) is 6.07 Å². The summed E-state index contributed by atoms with van der Waals surface area (Å²) in [4.78, 5) is 6.56. The average molecular weight is 274 g/mol. The number of nitriles is 1. The smallest absolute Gasteiger partial charge is 0.148 e. The maximum Gasteiger partial charge on any atom is 0.148 e. The Balaban J connectivity index is 1.98. The largest absolute Gasteiger partial charge is 0.345 e. The number of hydrogen-bond donors (Lipinski definition) is 0. The van der Waals surface area contributed by atoms with Crippen molar-refractivity contribution in [2.45, 2.75) is 20.0 Å². The van der Waals surface area contributed by atoms with Crippen LogP contribution in [0.1, 0.15) is 22.5 Å². The molecule has 0 N–H and O–H groups in total. The fourth-order valence-electron chi connectivity index (χ4n) is 2.34. The molecule has 19 heavy (non-hydrogen) atoms. The van der Waals surface area contributed by atoms with Gasteiger partial charge in [-0.2, -0.15) is 10.4 Å². The zero-order chi connectivity index (χ0) is 13.6. The van der Waals surface area contributed by atoms with Gasteiger partial charge in [-0.05, 0) is 13.0 Å². The van der Waals surface area contributed by atoms with Crippen molar-refractivity contribution in [1.29, 1.82) is 5.26 Å². The number of aryl methyl sites for hydroxylation is 2. The molecule has 3 heterocycles. The minimum absolute atomic E-state index is 0.517. The van der Waals surface area contributed by atoms with Gasteiger partial charge in [-0.1, -0.05) is 11.6 Å². The summed E-state index contributed by atoms with van der Waals surface area (Å²) in [5, 5.41) is 13.7. The lowest BCUT2D eigenvalue weighted by Crippen LogP contribution is -2.18. The Morgan fingerprint density at radius 1 is 1.42 bits per heavy atom. The minimum atomic E-state index is 0.517. The molecule has 1 aliphatic rings. The molecular weight excluding hydrogens is 262 g/mol. The Kier molecular flexibility index (Phi) is 2.68. The number of fused-ring (bicyclic) bond motifs is 1. The number of hydrogen-bond acceptors (Lipinski definition) is 4. The van der Waals surface area contributed by atoms with Gasteiger partial charge in [0, 0.05) is 19.2 Å². The van der Waals surface area contributed by atoms with Gasteiger partial charge in [-0.3, -0.25) is 4.68 Å². The highest BCUT2D eigenvalue weighted by molar-refractivity contribution is 6.33. The van der Waals surface area contributed by atoms with Gasteiger partial charge in [-0.15, -0.1) is 0 Å². The van der Waals surface area contributed by atoms with Gasteiger partial charge in [0.15, 0.2) is 0 Å². The molecule has 2 aromatic rings. The molecular formula is C13H12ClN5. The third-order valence-corrected chi connectivity index (χ3v) is 3.70. The summed E-state index contributed by atoms with van der Waals surface area (Å²) in [6, 6.07) is 3.78. The fourth-order valence-corrected chi connectivity index (χ4v) is 2.61. The predicted molar refractivity (Wildman–Crippen MR) is 71.8 cm³/mol. The Morgan fingerprint density at radius 2 is 2.21 bits per heavy atom. The maximum absolute atomic E-state index is 8.97. The third-order valence-electron chi connectivity index (χ3n) is 3.42. The average Bonchev–Trinajstić information content (AvgIpc) is 2.94. The van der Waals surface area contributed by atoms with Crippen molar-refractivity contribution in [3.63, 3.8) is 0 Å². The maximum atomic E-state index is 8.97. The van der Waals surface area contributed by atoms with E-state index in [2.05, 4.69) is 21.1 Å². The number of nitrogens with zero attached hydrogens (tertiary/aromatic N) is 5. The summed E-state index contributed by atoms with van der Waals surface area (Å²) in [5.74, 6) is 0.731. The van der Waals surface area contributed by atoms with Crippen LogP contribution in [0.4, 0.5) is 5.82 Å². The summed E-state index contributed by atoms with van der Waals surface area (Å²) in [5.41, 5.74) is 3.60. The molecule has 0 fully saturated rings. The number of rotatable bonds is 1. The number of aromatic nitrogens is 3. The summed E-state index contributed by atoms with van der Waals surface area (Å²) < 4.78 is 1.87. The molecule has 5 nitrogen and oxygen atoms in total. The number of halogens is 1. The first-order chi connectivity index (χ1) is 9.10. The first-order valence-electron chi connectivity index (χ1n) is 5.92. The molecule has 0 aromatic carbocycles. The SMILES string of the molecule is Cc1nc(N2Cc3cnn(C)c3C2)c(Cl)cc1C#N. The molecule has 1 aliphatic heterocycles. The van der Waals surface area contributed by atoms with Crippen molar-refractivity contribution in [3.05, 3.63) is 39.8 Å². The second-order valence-electron chi connectivity index (χ2n) is 4.63. The van der Waals surface area contributed by atoms with Gasteiger partial charge >= 0.3 is 0 Å². The van der Waals surface area contributed by atoms with E-state index >= 15 is 0 Å². The highest BCUT2D eigenvalue weighted by Crippen LogP contribution is 2.32. The Morgan fingerprint density at radius 3 is 2.89 bits per heavy atom. The summed E-state index contributed by atoms with van der Waals surface area (Å²) >= 11 is 6.23. The highest BCUT2D eigenvalue weighted by atomic mass is 35.5. The lowest BCUT2D eigenvalue weighted by molar-refractivity contribution is 0.700. The van der Waals surface area contributed by atoms with E-state index < -0.39 is 0 Å². The van der Waals surface area contributed by atoms with Crippen LogP contribution in [0.3, 0.4) is 0 Å². The molecule has 0 radical (unpaired) electrons. The highest BCUT2D eigenvalue weighted by Gasteiger charge is 2.25. The lowest BCUT2D eigenvalue weighted by atomic mass is 10.2. The third kappa shape index (κ3) is 1.85. The van der Waals surface area contributed by atoms with E-state index in [4.69, 9.17) is 16.9 Å². The summed E-state index contributed by atoms with van der Waals surface area (Å²) in [7, 11) is 1.93. The van der Waals surface area contributed by atoms with Gasteiger partial charge in [-0.25, -0.2) is 4.98 Å². The van der Waals surface area contributed by atoms with Crippen LogP contribution in [0.15, 0.2) is 12.3 Å². The van der Waals surface area contributed by atoms with Crippen LogP contribution >= 0.6 is 11.6 Å². The van der Waals surface area contributed by atoms with E-state index in [0.717, 1.165) is 18.9 Å². The van der Waals surface area contributed by atoms with E-state index in [0.29, 0.717) is 16.3 Å². The first-order valence-corrected chi connectivity index (χ1v) is 6.30. The molecule has 0 atom stereocenters. The lowest BCUT2D eigenvalue weighted by Gasteiger charge is -2.19. The van der Waals surface area contributed by atoms with Gasteiger partial charge in [0.25, 0.3) is 0 Å². The minimum Gasteiger partial charge on any atom is -0.345 e. The number of anilines is 1. The molecule has 0 saturated heterocycles. The molecule has 0 saturated carbocycles. The normalized spacial score (nSPS) is 13.5. The van der Waals surface area contributed by atoms with E-state index in [1.807, 2.05) is 24.9 Å². The molecule has 2 aromatic heterocycles. The van der Waals surface area contributed by atoms with Crippen LogP contribution in [0.5, 0.6) is 0 Å². The molecule has 0 unspecified atom stereocenters. The van der Waals surface area contributed by atoms with Crippen LogP contribution in [0, 0.1) is 18.3 Å². The van der Waals surface area contributed by atoms with Crippen LogP contribution in [0.25, 0.3) is 0 Å². The Labute approximate surface area is 116 Å². The molecule has 0 amide bonds. The molecule has 0 spiro atoms. The van der Waals surface area contributed by atoms with Crippen LogP contribution in [-0.4, -0.2) is 14.8 Å². The molecule has 96 valence electrons. The van der Waals surface area contributed by atoms with Gasteiger partial charge in [0.05, 0.1) is 34.7 Å². The molecule has 6 heteroatoms. The topological polar surface area (TPSA) is 57.7 Å². The molecule has 0 bridgehead atoms. The number of pyridine rings is 1. The molecule has 0 aliphatic carbocycles. The zero-order valence-electron chi connectivity index (χ0n) is 10.7. The van der Waals surface area contributed by atoms with Crippen molar-refractivity contribution in [2.24, 2.45) is 7.05 Å². The van der Waals surface area contributed by atoms with Crippen LogP contribution < -0.4 is 4.90 Å². The first kappa shape index (κ1) is 12.0. The van der Waals surface area contributed by atoms with E-state index in [9.17, 15) is 0 Å². The van der Waals surface area contributed by atoms with E-state index in [1.165, 1.54) is 11.3 Å². The second kappa shape index (κ2) is 4.25. The fraction of sp³-hybridized carbons (Fsp3) is 0.308. The quantitative estimate of drug-likeness (QED) is 0.799. The van der Waals surface area contributed by atoms with Gasteiger partial charge < -0.3 is 4.90 Å². The van der Waals surface area contributed by atoms with Gasteiger partial charge in [0.2, 0.25) is 0 Å².